The number of hydrogen-bond acceptors (Lipinski definition) is 4. The highest BCUT2D eigenvalue weighted by atomic mass is 16.5. The first-order valence-electron chi connectivity index (χ1n) is 7.10. The average Bonchev–Trinajstić information content (AvgIpc) is 2.80. The van der Waals surface area contributed by atoms with Crippen molar-refractivity contribution >= 4 is 11.8 Å². The van der Waals surface area contributed by atoms with Gasteiger partial charge in [-0.05, 0) is 5.92 Å². The summed E-state index contributed by atoms with van der Waals surface area (Å²) in [6.45, 7) is 4.71. The zero-order valence-corrected chi connectivity index (χ0v) is 12.5. The Morgan fingerprint density at radius 3 is 2.71 bits per heavy atom. The molecule has 0 aliphatic rings. The fourth-order valence-electron chi connectivity index (χ4n) is 2.00. The maximum atomic E-state index is 11.5. The lowest BCUT2D eigenvalue weighted by Gasteiger charge is -2.07. The molecule has 0 atom stereocenters. The van der Waals surface area contributed by atoms with Crippen LogP contribution in [0.15, 0.2) is 36.4 Å². The predicted octanol–water partition coefficient (Wildman–Crippen LogP) is 2.72. The minimum atomic E-state index is -0.181. The summed E-state index contributed by atoms with van der Waals surface area (Å²) in [4.78, 5) is 11.5. The van der Waals surface area contributed by atoms with E-state index in [-0.39, 0.29) is 12.6 Å². The molecule has 5 nitrogen and oxygen atoms in total. The van der Waals surface area contributed by atoms with Gasteiger partial charge in [-0.3, -0.25) is 4.79 Å². The van der Waals surface area contributed by atoms with E-state index in [4.69, 9.17) is 10.5 Å². The van der Waals surface area contributed by atoms with Crippen molar-refractivity contribution in [3.8, 4) is 11.3 Å². The predicted molar refractivity (Wildman–Crippen MR) is 82.5 cm³/mol. The molecule has 2 rings (SSSR count). The third-order valence-electron chi connectivity index (χ3n) is 3.02. The molecule has 0 fully saturated rings. The van der Waals surface area contributed by atoms with Crippen molar-refractivity contribution in [2.24, 2.45) is 5.92 Å². The molecule has 1 heterocycles. The molecule has 2 aromatic rings. The highest BCUT2D eigenvalue weighted by Gasteiger charge is 2.09. The minimum absolute atomic E-state index is 0.181. The van der Waals surface area contributed by atoms with Crippen LogP contribution in [0.5, 0.6) is 0 Å². The summed E-state index contributed by atoms with van der Waals surface area (Å²) in [6.07, 6.45) is 0.434. The molecule has 0 aliphatic heterocycles. The van der Waals surface area contributed by atoms with Crippen LogP contribution in [0.25, 0.3) is 11.3 Å². The van der Waals surface area contributed by atoms with Crippen LogP contribution in [0.4, 0.5) is 5.82 Å². The Kier molecular flexibility index (Phi) is 4.98. The van der Waals surface area contributed by atoms with Crippen LogP contribution < -0.4 is 5.73 Å². The molecule has 0 bridgehead atoms. The standard InChI is InChI=1S/C16H21N3O2/c1-12(2)10-16(20)21-9-8-19-15(17)11-14(18-19)13-6-4-3-5-7-13/h3-7,11-12H,8-10,17H2,1-2H3. The van der Waals surface area contributed by atoms with Gasteiger partial charge in [0.15, 0.2) is 0 Å². The summed E-state index contributed by atoms with van der Waals surface area (Å²) in [6, 6.07) is 11.7. The molecule has 1 aromatic carbocycles. The monoisotopic (exact) mass is 287 g/mol. The van der Waals surface area contributed by atoms with Crippen LogP contribution in [0, 0.1) is 5.92 Å². The van der Waals surface area contributed by atoms with Gasteiger partial charge in [-0.2, -0.15) is 5.10 Å². The first kappa shape index (κ1) is 15.1. The number of nitrogen functional groups attached to an aromatic ring is 1. The molecule has 0 aliphatic carbocycles. The molecule has 5 heteroatoms. The van der Waals surface area contributed by atoms with E-state index in [1.165, 1.54) is 0 Å². The number of anilines is 1. The van der Waals surface area contributed by atoms with E-state index >= 15 is 0 Å². The lowest BCUT2D eigenvalue weighted by atomic mass is 10.1. The normalized spacial score (nSPS) is 10.8. The number of nitrogens with zero attached hydrogens (tertiary/aromatic N) is 2. The van der Waals surface area contributed by atoms with Gasteiger partial charge in [0, 0.05) is 18.1 Å². The second-order valence-electron chi connectivity index (χ2n) is 5.36. The number of esters is 1. The molecule has 0 amide bonds. The second-order valence-corrected chi connectivity index (χ2v) is 5.36. The molecule has 112 valence electrons. The van der Waals surface area contributed by atoms with Crippen LogP contribution in [0.2, 0.25) is 0 Å². The van der Waals surface area contributed by atoms with Gasteiger partial charge in [-0.15, -0.1) is 0 Å². The Balaban J connectivity index is 1.93. The summed E-state index contributed by atoms with van der Waals surface area (Å²) in [5.74, 6) is 0.685. The first-order valence-corrected chi connectivity index (χ1v) is 7.10. The average molecular weight is 287 g/mol. The molecule has 0 saturated heterocycles. The lowest BCUT2D eigenvalue weighted by molar-refractivity contribution is -0.144. The van der Waals surface area contributed by atoms with Gasteiger partial charge in [-0.25, -0.2) is 4.68 Å². The van der Waals surface area contributed by atoms with Crippen molar-refractivity contribution < 1.29 is 9.53 Å². The summed E-state index contributed by atoms with van der Waals surface area (Å²) >= 11 is 0. The second kappa shape index (κ2) is 6.92. The van der Waals surface area contributed by atoms with Crippen LogP contribution in [-0.4, -0.2) is 22.4 Å². The van der Waals surface area contributed by atoms with Gasteiger partial charge >= 0.3 is 5.97 Å². The number of carbonyl (C=O) groups excluding carboxylic acids is 1. The Hall–Kier alpha value is -2.30. The number of aromatic nitrogens is 2. The van der Waals surface area contributed by atoms with Crippen molar-refractivity contribution in [2.75, 3.05) is 12.3 Å². The van der Waals surface area contributed by atoms with Gasteiger partial charge in [0.05, 0.1) is 12.2 Å². The van der Waals surface area contributed by atoms with Crippen molar-refractivity contribution in [1.29, 1.82) is 0 Å². The highest BCUT2D eigenvalue weighted by Crippen LogP contribution is 2.19. The van der Waals surface area contributed by atoms with Gasteiger partial charge in [-0.1, -0.05) is 44.2 Å². The topological polar surface area (TPSA) is 70.1 Å². The first-order chi connectivity index (χ1) is 10.1. The van der Waals surface area contributed by atoms with E-state index in [0.29, 0.717) is 24.7 Å². The van der Waals surface area contributed by atoms with Gasteiger partial charge < -0.3 is 10.5 Å². The number of nitrogens with two attached hydrogens (primary N) is 1. The fraction of sp³-hybridized carbons (Fsp3) is 0.375. The Morgan fingerprint density at radius 1 is 1.33 bits per heavy atom. The Labute approximate surface area is 124 Å². The van der Waals surface area contributed by atoms with Gasteiger partial charge in [0.2, 0.25) is 0 Å². The Morgan fingerprint density at radius 2 is 2.05 bits per heavy atom. The van der Waals surface area contributed by atoms with Crippen molar-refractivity contribution in [3.63, 3.8) is 0 Å². The van der Waals surface area contributed by atoms with Crippen molar-refractivity contribution in [1.82, 2.24) is 9.78 Å². The third-order valence-corrected chi connectivity index (χ3v) is 3.02. The number of carbonyl (C=O) groups is 1. The SMILES string of the molecule is CC(C)CC(=O)OCCn1nc(-c2ccccc2)cc1N. The van der Waals surface area contributed by atoms with Crippen LogP contribution >= 0.6 is 0 Å². The van der Waals surface area contributed by atoms with E-state index in [1.807, 2.05) is 50.2 Å². The molecule has 21 heavy (non-hydrogen) atoms. The molecule has 0 saturated carbocycles. The molecule has 1 aromatic heterocycles. The van der Waals surface area contributed by atoms with Crippen LogP contribution in [0.3, 0.4) is 0 Å². The third kappa shape index (κ3) is 4.34. The number of benzene rings is 1. The zero-order chi connectivity index (χ0) is 15.2. The zero-order valence-electron chi connectivity index (χ0n) is 12.5. The van der Waals surface area contributed by atoms with E-state index in [2.05, 4.69) is 5.10 Å². The van der Waals surface area contributed by atoms with Crippen molar-refractivity contribution in [3.05, 3.63) is 36.4 Å². The number of ether oxygens (including phenoxy) is 1. The molecular formula is C16H21N3O2. The molecule has 0 unspecified atom stereocenters. The maximum absolute atomic E-state index is 11.5. The summed E-state index contributed by atoms with van der Waals surface area (Å²) in [7, 11) is 0. The summed E-state index contributed by atoms with van der Waals surface area (Å²) < 4.78 is 6.83. The van der Waals surface area contributed by atoms with Crippen LogP contribution in [0.1, 0.15) is 20.3 Å². The molecule has 2 N–H and O–H groups in total. The lowest BCUT2D eigenvalue weighted by Crippen LogP contribution is -2.14. The minimum Gasteiger partial charge on any atom is -0.464 e. The Bertz CT molecular complexity index is 591. The maximum Gasteiger partial charge on any atom is 0.306 e. The fourth-order valence-corrected chi connectivity index (χ4v) is 2.00. The van der Waals surface area contributed by atoms with E-state index < -0.39 is 0 Å². The smallest absolute Gasteiger partial charge is 0.306 e. The van der Waals surface area contributed by atoms with E-state index in [9.17, 15) is 4.79 Å². The highest BCUT2D eigenvalue weighted by molar-refractivity contribution is 5.69. The largest absolute Gasteiger partial charge is 0.464 e. The van der Waals surface area contributed by atoms with Crippen molar-refractivity contribution in [2.45, 2.75) is 26.8 Å². The molecule has 0 radical (unpaired) electrons. The molecular weight excluding hydrogens is 266 g/mol. The van der Waals surface area contributed by atoms with Gasteiger partial charge in [0.1, 0.15) is 12.4 Å². The summed E-state index contributed by atoms with van der Waals surface area (Å²) in [5, 5.41) is 4.44. The number of hydrogen-bond donors (Lipinski definition) is 1. The quantitative estimate of drug-likeness (QED) is 0.829. The van der Waals surface area contributed by atoms with Gasteiger partial charge in [0.25, 0.3) is 0 Å². The number of rotatable bonds is 6. The van der Waals surface area contributed by atoms with E-state index in [1.54, 1.807) is 4.68 Å². The summed E-state index contributed by atoms with van der Waals surface area (Å²) in [5.41, 5.74) is 7.77. The molecule has 0 spiro atoms. The van der Waals surface area contributed by atoms with E-state index in [0.717, 1.165) is 11.3 Å². The van der Waals surface area contributed by atoms with Crippen LogP contribution in [-0.2, 0) is 16.1 Å².